The highest BCUT2D eigenvalue weighted by atomic mass is 35.5. The highest BCUT2D eigenvalue weighted by molar-refractivity contribution is 6.30. The van der Waals surface area contributed by atoms with E-state index >= 15 is 0 Å². The Morgan fingerprint density at radius 1 is 1.44 bits per heavy atom. The van der Waals surface area contributed by atoms with Crippen molar-refractivity contribution in [2.24, 2.45) is 0 Å². The second kappa shape index (κ2) is 7.38. The second-order valence-corrected chi connectivity index (χ2v) is 3.59. The predicted molar refractivity (Wildman–Crippen MR) is 62.4 cm³/mol. The molecular weight excluding hydrogens is 233 g/mol. The molecule has 1 heterocycles. The smallest absolute Gasteiger partial charge is 0.166 e. The summed E-state index contributed by atoms with van der Waals surface area (Å²) in [6.07, 6.45) is 1.41. The summed E-state index contributed by atoms with van der Waals surface area (Å²) < 4.78 is 18.1. The molecule has 1 rings (SSSR count). The van der Waals surface area contributed by atoms with E-state index in [1.54, 1.807) is 7.11 Å². The van der Waals surface area contributed by atoms with E-state index in [9.17, 15) is 4.39 Å². The van der Waals surface area contributed by atoms with E-state index in [4.69, 9.17) is 16.3 Å². The minimum atomic E-state index is -0.440. The highest BCUT2D eigenvalue weighted by Gasteiger charge is 2.02. The number of pyridine rings is 1. The fraction of sp³-hybridized carbons (Fsp3) is 0.500. The maximum absolute atomic E-state index is 13.2. The Balaban J connectivity index is 2.21. The van der Waals surface area contributed by atoms with Crippen molar-refractivity contribution < 1.29 is 9.13 Å². The van der Waals surface area contributed by atoms with E-state index < -0.39 is 5.82 Å². The van der Waals surface area contributed by atoms with Gasteiger partial charge >= 0.3 is 0 Å². The summed E-state index contributed by atoms with van der Waals surface area (Å²) in [6, 6.07) is 1.23. The number of nitrogens with one attached hydrogen (secondary N) is 2. The fourth-order valence-corrected chi connectivity index (χ4v) is 1.26. The fourth-order valence-electron chi connectivity index (χ4n) is 1.11. The molecule has 2 N–H and O–H groups in total. The van der Waals surface area contributed by atoms with Crippen LogP contribution in [0.1, 0.15) is 0 Å². The average Bonchev–Trinajstić information content (AvgIpc) is 2.26. The van der Waals surface area contributed by atoms with Crippen LogP contribution in [0.4, 0.5) is 10.2 Å². The Morgan fingerprint density at radius 2 is 2.25 bits per heavy atom. The van der Waals surface area contributed by atoms with E-state index in [2.05, 4.69) is 15.6 Å². The van der Waals surface area contributed by atoms with Crippen molar-refractivity contribution >= 4 is 17.4 Å². The van der Waals surface area contributed by atoms with Crippen LogP contribution in [0.5, 0.6) is 0 Å². The Hall–Kier alpha value is -0.910. The summed E-state index contributed by atoms with van der Waals surface area (Å²) >= 11 is 5.58. The molecule has 0 atom stereocenters. The van der Waals surface area contributed by atoms with Crippen molar-refractivity contribution in [1.82, 2.24) is 10.3 Å². The second-order valence-electron chi connectivity index (χ2n) is 3.15. The molecule has 1 aromatic heterocycles. The number of anilines is 1. The predicted octanol–water partition coefficient (Wildman–Crippen LogP) is 1.52. The molecule has 0 unspecified atom stereocenters. The van der Waals surface area contributed by atoms with Crippen LogP contribution in [0.15, 0.2) is 12.3 Å². The molecule has 4 nitrogen and oxygen atoms in total. The van der Waals surface area contributed by atoms with Gasteiger partial charge < -0.3 is 15.4 Å². The Kier molecular flexibility index (Phi) is 6.07. The lowest BCUT2D eigenvalue weighted by molar-refractivity contribution is 0.200. The van der Waals surface area contributed by atoms with Crippen molar-refractivity contribution in [3.8, 4) is 0 Å². The topological polar surface area (TPSA) is 46.2 Å². The molecule has 0 saturated heterocycles. The van der Waals surface area contributed by atoms with E-state index in [0.717, 1.165) is 6.54 Å². The molecule has 1 aromatic rings. The summed E-state index contributed by atoms with van der Waals surface area (Å²) in [7, 11) is 1.65. The number of nitrogens with zero attached hydrogens (tertiary/aromatic N) is 1. The first-order valence-electron chi connectivity index (χ1n) is 4.98. The van der Waals surface area contributed by atoms with Gasteiger partial charge in [-0.25, -0.2) is 9.37 Å². The van der Waals surface area contributed by atoms with E-state index in [-0.39, 0.29) is 5.82 Å². The molecule has 0 aliphatic carbocycles. The van der Waals surface area contributed by atoms with Gasteiger partial charge in [0.15, 0.2) is 11.6 Å². The van der Waals surface area contributed by atoms with E-state index in [0.29, 0.717) is 24.7 Å². The lowest BCUT2D eigenvalue weighted by Crippen LogP contribution is -2.25. The van der Waals surface area contributed by atoms with Gasteiger partial charge in [-0.05, 0) is 6.07 Å². The Morgan fingerprint density at radius 3 is 2.94 bits per heavy atom. The molecule has 0 bridgehead atoms. The maximum Gasteiger partial charge on any atom is 0.166 e. The summed E-state index contributed by atoms with van der Waals surface area (Å²) in [5, 5.41) is 6.29. The standard InChI is InChI=1S/C10H15ClFN3O/c1-16-5-4-13-2-3-14-10-9(12)6-8(11)7-15-10/h6-7,13H,2-5H2,1H3,(H,14,15). The molecule has 0 spiro atoms. The van der Waals surface area contributed by atoms with Gasteiger partial charge in [-0.15, -0.1) is 0 Å². The number of ether oxygens (including phenoxy) is 1. The van der Waals surface area contributed by atoms with E-state index in [1.165, 1.54) is 12.3 Å². The van der Waals surface area contributed by atoms with Crippen LogP contribution < -0.4 is 10.6 Å². The zero-order chi connectivity index (χ0) is 11.8. The monoisotopic (exact) mass is 247 g/mol. The normalized spacial score (nSPS) is 10.4. The van der Waals surface area contributed by atoms with Crippen LogP contribution in [-0.4, -0.2) is 38.3 Å². The molecule has 0 aliphatic heterocycles. The average molecular weight is 248 g/mol. The first-order valence-corrected chi connectivity index (χ1v) is 5.36. The van der Waals surface area contributed by atoms with Gasteiger partial charge in [0, 0.05) is 32.9 Å². The first-order chi connectivity index (χ1) is 7.74. The number of halogens is 2. The van der Waals surface area contributed by atoms with Gasteiger partial charge in [0.05, 0.1) is 11.6 Å². The van der Waals surface area contributed by atoms with Gasteiger partial charge in [0.25, 0.3) is 0 Å². The molecule has 16 heavy (non-hydrogen) atoms. The Labute approximate surface area is 99.2 Å². The third kappa shape index (κ3) is 4.74. The van der Waals surface area contributed by atoms with Gasteiger partial charge in [-0.2, -0.15) is 0 Å². The van der Waals surface area contributed by atoms with Crippen molar-refractivity contribution in [1.29, 1.82) is 0 Å². The first kappa shape index (κ1) is 13.2. The van der Waals surface area contributed by atoms with Crippen molar-refractivity contribution in [3.05, 3.63) is 23.1 Å². The van der Waals surface area contributed by atoms with Gasteiger partial charge in [-0.1, -0.05) is 11.6 Å². The van der Waals surface area contributed by atoms with Crippen LogP contribution in [0.25, 0.3) is 0 Å². The SMILES string of the molecule is COCCNCCNc1ncc(Cl)cc1F. The van der Waals surface area contributed by atoms with Crippen molar-refractivity contribution in [3.63, 3.8) is 0 Å². The third-order valence-electron chi connectivity index (χ3n) is 1.88. The quantitative estimate of drug-likeness (QED) is 0.718. The molecule has 0 aliphatic rings. The maximum atomic E-state index is 13.2. The molecule has 90 valence electrons. The van der Waals surface area contributed by atoms with Crippen molar-refractivity contribution in [2.75, 3.05) is 38.7 Å². The molecule has 0 amide bonds. The van der Waals surface area contributed by atoms with Gasteiger partial charge in [0.2, 0.25) is 0 Å². The summed E-state index contributed by atoms with van der Waals surface area (Å²) in [4.78, 5) is 3.84. The number of aromatic nitrogens is 1. The number of rotatable bonds is 7. The number of hydrogen-bond acceptors (Lipinski definition) is 4. The lowest BCUT2D eigenvalue weighted by atomic mass is 10.4. The molecule has 0 fully saturated rings. The lowest BCUT2D eigenvalue weighted by Gasteiger charge is -2.07. The van der Waals surface area contributed by atoms with Crippen LogP contribution in [0, 0.1) is 5.82 Å². The van der Waals surface area contributed by atoms with Crippen LogP contribution >= 0.6 is 11.6 Å². The van der Waals surface area contributed by atoms with E-state index in [1.807, 2.05) is 0 Å². The largest absolute Gasteiger partial charge is 0.383 e. The van der Waals surface area contributed by atoms with Crippen LogP contribution in [0.2, 0.25) is 5.02 Å². The zero-order valence-electron chi connectivity index (χ0n) is 9.09. The summed E-state index contributed by atoms with van der Waals surface area (Å²) in [5.74, 6) is -0.220. The molecule has 6 heteroatoms. The van der Waals surface area contributed by atoms with Gasteiger partial charge in [0.1, 0.15) is 0 Å². The molecule has 0 saturated carbocycles. The molecule has 0 radical (unpaired) electrons. The number of hydrogen-bond donors (Lipinski definition) is 2. The van der Waals surface area contributed by atoms with Crippen LogP contribution in [0.3, 0.4) is 0 Å². The number of methoxy groups -OCH3 is 1. The highest BCUT2D eigenvalue weighted by Crippen LogP contribution is 2.14. The zero-order valence-corrected chi connectivity index (χ0v) is 9.85. The molecule has 0 aromatic carbocycles. The van der Waals surface area contributed by atoms with Gasteiger partial charge in [-0.3, -0.25) is 0 Å². The minimum Gasteiger partial charge on any atom is -0.383 e. The summed E-state index contributed by atoms with van der Waals surface area (Å²) in [5.41, 5.74) is 0. The minimum absolute atomic E-state index is 0.220. The Bertz CT molecular complexity index is 325. The third-order valence-corrected chi connectivity index (χ3v) is 2.09. The van der Waals surface area contributed by atoms with Crippen LogP contribution in [-0.2, 0) is 4.74 Å². The molecular formula is C10H15ClFN3O. The van der Waals surface area contributed by atoms with Crippen molar-refractivity contribution in [2.45, 2.75) is 0 Å². The summed E-state index contributed by atoms with van der Waals surface area (Å²) in [6.45, 7) is 2.74.